The van der Waals surface area contributed by atoms with Crippen LogP contribution in [0.15, 0.2) is 30.0 Å². The molecule has 1 rings (SSSR count). The number of benzene rings is 1. The number of rotatable bonds is 8. The average Bonchev–Trinajstić information content (AvgIpc) is 2.53. The van der Waals surface area contributed by atoms with Gasteiger partial charge < -0.3 is 14.8 Å². The Morgan fingerprint density at radius 2 is 1.96 bits per heavy atom. The average molecular weight is 368 g/mol. The molecule has 0 saturated carbocycles. The summed E-state index contributed by atoms with van der Waals surface area (Å²) in [6.07, 6.45) is 1.56. The van der Waals surface area contributed by atoms with Crippen LogP contribution >= 0.6 is 11.6 Å². The van der Waals surface area contributed by atoms with Crippen molar-refractivity contribution >= 4 is 35.0 Å². The summed E-state index contributed by atoms with van der Waals surface area (Å²) in [5, 5.41) is 2.92. The monoisotopic (exact) mass is 367 g/mol. The summed E-state index contributed by atoms with van der Waals surface area (Å²) in [5.41, 5.74) is 0.412. The van der Waals surface area contributed by atoms with Crippen LogP contribution in [0.1, 0.15) is 44.5 Å². The lowest BCUT2D eigenvalue weighted by atomic mass is 10.2. The van der Waals surface area contributed by atoms with Gasteiger partial charge in [-0.05, 0) is 39.3 Å². The molecule has 0 aromatic heterocycles. The maximum Gasteiger partial charge on any atom is 0.343 e. The molecule has 0 fully saturated rings. The van der Waals surface area contributed by atoms with Gasteiger partial charge in [-0.1, -0.05) is 24.6 Å². The Balaban J connectivity index is 3.03. The molecular weight excluding hydrogens is 346 g/mol. The highest BCUT2D eigenvalue weighted by Gasteiger charge is 2.18. The number of carbonyl (C=O) groups excluding carboxylic acids is 3. The molecule has 1 aromatic carbocycles. The van der Waals surface area contributed by atoms with Gasteiger partial charge in [0.2, 0.25) is 0 Å². The molecule has 0 unspecified atom stereocenters. The molecule has 1 N–H and O–H groups in total. The number of nitrogens with one attached hydrogen (secondary N) is 1. The van der Waals surface area contributed by atoms with Gasteiger partial charge in [-0.25, -0.2) is 9.59 Å². The normalized spacial score (nSPS) is 11.2. The minimum absolute atomic E-state index is 0.139. The van der Waals surface area contributed by atoms with E-state index in [9.17, 15) is 14.4 Å². The third kappa shape index (κ3) is 6.23. The van der Waals surface area contributed by atoms with Crippen molar-refractivity contribution in [2.24, 2.45) is 0 Å². The lowest BCUT2D eigenvalue weighted by Gasteiger charge is -2.11. The first-order valence-electron chi connectivity index (χ1n) is 7.92. The molecule has 0 aliphatic carbocycles. The number of halogens is 1. The third-order valence-corrected chi connectivity index (χ3v) is 3.38. The number of hydrogen-bond donors (Lipinski definition) is 1. The fourth-order valence-corrected chi connectivity index (χ4v) is 2.06. The number of anilines is 1. The second-order valence-corrected chi connectivity index (χ2v) is 5.89. The van der Waals surface area contributed by atoms with Gasteiger partial charge in [0, 0.05) is 6.20 Å². The zero-order chi connectivity index (χ0) is 19.0. The van der Waals surface area contributed by atoms with E-state index >= 15 is 0 Å². The molecule has 0 bridgehead atoms. The minimum Gasteiger partial charge on any atom is -0.462 e. The molecular formula is C18H22ClNO5. The molecule has 0 atom stereocenters. The minimum atomic E-state index is -0.732. The quantitative estimate of drug-likeness (QED) is 0.326. The van der Waals surface area contributed by atoms with Gasteiger partial charge in [-0.3, -0.25) is 4.79 Å². The summed E-state index contributed by atoms with van der Waals surface area (Å²) in [6.45, 7) is 6.81. The van der Waals surface area contributed by atoms with Crippen LogP contribution in [0.2, 0.25) is 5.02 Å². The number of ether oxygens (including phenoxy) is 2. The number of Topliss-reactive ketones (excluding diaryl/α,β-unsaturated/α-hetero) is 1. The van der Waals surface area contributed by atoms with Gasteiger partial charge in [0.05, 0.1) is 29.0 Å². The predicted octanol–water partition coefficient (Wildman–Crippen LogP) is 3.74. The highest BCUT2D eigenvalue weighted by Crippen LogP contribution is 2.27. The topological polar surface area (TPSA) is 81.7 Å². The number of ketones is 1. The SMILES string of the molecule is CCCOC(=O)c1cccc(NC=C(C(C)=O)C(=O)OC(C)C)c1Cl. The highest BCUT2D eigenvalue weighted by atomic mass is 35.5. The van der Waals surface area contributed by atoms with Gasteiger partial charge in [-0.15, -0.1) is 0 Å². The van der Waals surface area contributed by atoms with Crippen molar-refractivity contribution in [2.75, 3.05) is 11.9 Å². The van der Waals surface area contributed by atoms with E-state index in [2.05, 4.69) is 5.32 Å². The van der Waals surface area contributed by atoms with Crippen LogP contribution in [-0.2, 0) is 19.1 Å². The molecule has 0 radical (unpaired) electrons. The summed E-state index contributed by atoms with van der Waals surface area (Å²) in [4.78, 5) is 35.6. The predicted molar refractivity (Wildman–Crippen MR) is 95.6 cm³/mol. The maximum absolute atomic E-state index is 12.0. The van der Waals surface area contributed by atoms with E-state index in [1.165, 1.54) is 19.2 Å². The van der Waals surface area contributed by atoms with Crippen LogP contribution in [0.25, 0.3) is 0 Å². The second-order valence-electron chi connectivity index (χ2n) is 5.52. The molecule has 0 heterocycles. The van der Waals surface area contributed by atoms with Crippen molar-refractivity contribution in [2.45, 2.75) is 40.2 Å². The number of carbonyl (C=O) groups is 3. The number of esters is 2. The van der Waals surface area contributed by atoms with E-state index in [1.807, 2.05) is 6.92 Å². The molecule has 136 valence electrons. The third-order valence-electron chi connectivity index (χ3n) is 2.97. The molecule has 25 heavy (non-hydrogen) atoms. The Kier molecular flexibility index (Phi) is 8.15. The Morgan fingerprint density at radius 3 is 2.52 bits per heavy atom. The van der Waals surface area contributed by atoms with Gasteiger partial charge in [0.1, 0.15) is 5.57 Å². The van der Waals surface area contributed by atoms with E-state index in [-0.39, 0.29) is 22.3 Å². The van der Waals surface area contributed by atoms with Crippen LogP contribution in [0.5, 0.6) is 0 Å². The van der Waals surface area contributed by atoms with Crippen molar-refractivity contribution in [3.05, 3.63) is 40.6 Å². The summed E-state index contributed by atoms with van der Waals surface area (Å²) in [6, 6.07) is 4.76. The first kappa shape index (κ1) is 20.7. The van der Waals surface area contributed by atoms with E-state index in [4.69, 9.17) is 21.1 Å². The second kappa shape index (κ2) is 9.84. The van der Waals surface area contributed by atoms with Gasteiger partial charge in [-0.2, -0.15) is 0 Å². The van der Waals surface area contributed by atoms with Crippen molar-refractivity contribution in [1.29, 1.82) is 0 Å². The smallest absolute Gasteiger partial charge is 0.343 e. The lowest BCUT2D eigenvalue weighted by molar-refractivity contribution is -0.143. The largest absolute Gasteiger partial charge is 0.462 e. The molecule has 0 aliphatic rings. The Labute approximate surface area is 152 Å². The molecule has 0 aliphatic heterocycles. The van der Waals surface area contributed by atoms with Gasteiger partial charge in [0.25, 0.3) is 0 Å². The summed E-state index contributed by atoms with van der Waals surface area (Å²) in [5.74, 6) is -1.72. The molecule has 1 aromatic rings. The van der Waals surface area contributed by atoms with Crippen molar-refractivity contribution in [3.8, 4) is 0 Å². The molecule has 0 amide bonds. The van der Waals surface area contributed by atoms with Crippen molar-refractivity contribution in [1.82, 2.24) is 0 Å². The zero-order valence-electron chi connectivity index (χ0n) is 14.7. The van der Waals surface area contributed by atoms with Crippen LogP contribution in [0.3, 0.4) is 0 Å². The maximum atomic E-state index is 12.0. The van der Waals surface area contributed by atoms with E-state index in [0.717, 1.165) is 0 Å². The first-order chi connectivity index (χ1) is 11.8. The van der Waals surface area contributed by atoms with Crippen molar-refractivity contribution < 1.29 is 23.9 Å². The van der Waals surface area contributed by atoms with E-state index in [1.54, 1.807) is 26.0 Å². The molecule has 7 heteroatoms. The zero-order valence-corrected chi connectivity index (χ0v) is 15.5. The standard InChI is InChI=1S/C18H22ClNO5/c1-5-9-24-17(22)13-7-6-8-15(16(13)19)20-10-14(12(4)21)18(23)25-11(2)3/h6-8,10-11,20H,5,9H2,1-4H3. The van der Waals surface area contributed by atoms with Crippen LogP contribution in [0.4, 0.5) is 5.69 Å². The van der Waals surface area contributed by atoms with E-state index in [0.29, 0.717) is 18.7 Å². The molecule has 0 saturated heterocycles. The van der Waals surface area contributed by atoms with Crippen LogP contribution in [-0.4, -0.2) is 30.4 Å². The Bertz CT molecular complexity index is 682. The Hall–Kier alpha value is -2.34. The van der Waals surface area contributed by atoms with Crippen molar-refractivity contribution in [3.63, 3.8) is 0 Å². The summed E-state index contributed by atoms with van der Waals surface area (Å²) >= 11 is 6.22. The van der Waals surface area contributed by atoms with Gasteiger partial charge in [0.15, 0.2) is 5.78 Å². The fourth-order valence-electron chi connectivity index (χ4n) is 1.81. The van der Waals surface area contributed by atoms with E-state index < -0.39 is 17.7 Å². The first-order valence-corrected chi connectivity index (χ1v) is 8.30. The van der Waals surface area contributed by atoms with Gasteiger partial charge >= 0.3 is 11.9 Å². The fraction of sp³-hybridized carbons (Fsp3) is 0.389. The molecule has 0 spiro atoms. The Morgan fingerprint density at radius 1 is 1.28 bits per heavy atom. The lowest BCUT2D eigenvalue weighted by Crippen LogP contribution is -2.18. The highest BCUT2D eigenvalue weighted by molar-refractivity contribution is 6.36. The summed E-state index contributed by atoms with van der Waals surface area (Å²) < 4.78 is 10.1. The number of hydrogen-bond acceptors (Lipinski definition) is 6. The molecule has 6 nitrogen and oxygen atoms in total. The van der Waals surface area contributed by atoms with Crippen LogP contribution in [0, 0.1) is 0 Å². The van der Waals surface area contributed by atoms with Crippen LogP contribution < -0.4 is 5.32 Å². The summed E-state index contributed by atoms with van der Waals surface area (Å²) in [7, 11) is 0.